The highest BCUT2D eigenvalue weighted by atomic mass is 79.9. The minimum atomic E-state index is -0.701. The summed E-state index contributed by atoms with van der Waals surface area (Å²) in [6, 6.07) is 12.2. The van der Waals surface area contributed by atoms with E-state index in [-0.39, 0.29) is 0 Å². The zero-order valence-electron chi connectivity index (χ0n) is 12.1. The molecule has 0 saturated carbocycles. The highest BCUT2D eigenvalue weighted by molar-refractivity contribution is 9.10. The molecule has 0 radical (unpaired) electrons. The molecule has 2 rings (SSSR count). The fourth-order valence-corrected chi connectivity index (χ4v) is 2.28. The Labute approximate surface area is 141 Å². The summed E-state index contributed by atoms with van der Waals surface area (Å²) in [5.74, 6) is -1.06. The Balaban J connectivity index is 2.04. The standard InChI is InChI=1S/C16H13BrN2O4/c1-23-15(21)10-5-4-6-11(9-10)18-16(22)19-14(20)12-7-2-3-8-13(12)17/h2-9H,1H3,(H2,18,19,20,22). The number of esters is 1. The molecule has 0 saturated heterocycles. The zero-order valence-corrected chi connectivity index (χ0v) is 13.7. The summed E-state index contributed by atoms with van der Waals surface area (Å²) in [5, 5.41) is 4.70. The van der Waals surface area contributed by atoms with Crippen molar-refractivity contribution in [3.8, 4) is 0 Å². The molecule has 2 aromatic rings. The summed E-state index contributed by atoms with van der Waals surface area (Å²) in [4.78, 5) is 35.3. The van der Waals surface area contributed by atoms with Crippen molar-refractivity contribution in [1.82, 2.24) is 5.32 Å². The second kappa shape index (κ2) is 7.55. The average molecular weight is 377 g/mol. The molecule has 23 heavy (non-hydrogen) atoms. The number of hydrogen-bond acceptors (Lipinski definition) is 4. The second-order valence-corrected chi connectivity index (χ2v) is 5.31. The van der Waals surface area contributed by atoms with Crippen molar-refractivity contribution >= 4 is 39.5 Å². The van der Waals surface area contributed by atoms with Gasteiger partial charge in [-0.25, -0.2) is 9.59 Å². The third kappa shape index (κ3) is 4.40. The van der Waals surface area contributed by atoms with Crippen molar-refractivity contribution in [3.63, 3.8) is 0 Å². The van der Waals surface area contributed by atoms with Gasteiger partial charge in [-0.05, 0) is 46.3 Å². The van der Waals surface area contributed by atoms with E-state index in [1.54, 1.807) is 42.5 Å². The van der Waals surface area contributed by atoms with Crippen LogP contribution in [0.5, 0.6) is 0 Å². The predicted molar refractivity (Wildman–Crippen MR) is 88.4 cm³/mol. The fraction of sp³-hybridized carbons (Fsp3) is 0.0625. The van der Waals surface area contributed by atoms with Crippen molar-refractivity contribution in [3.05, 3.63) is 64.1 Å². The van der Waals surface area contributed by atoms with Crippen LogP contribution in [0.1, 0.15) is 20.7 Å². The SMILES string of the molecule is COC(=O)c1cccc(NC(=O)NC(=O)c2ccccc2Br)c1. The number of nitrogens with one attached hydrogen (secondary N) is 2. The summed E-state index contributed by atoms with van der Waals surface area (Å²) in [5.41, 5.74) is 0.999. The molecular weight excluding hydrogens is 364 g/mol. The first-order valence-electron chi connectivity index (χ1n) is 6.56. The first-order chi connectivity index (χ1) is 11.0. The molecule has 2 N–H and O–H groups in total. The summed E-state index contributed by atoms with van der Waals surface area (Å²) in [6.07, 6.45) is 0. The molecule has 2 aromatic carbocycles. The van der Waals surface area contributed by atoms with Gasteiger partial charge in [-0.2, -0.15) is 0 Å². The monoisotopic (exact) mass is 376 g/mol. The van der Waals surface area contributed by atoms with Crippen LogP contribution in [0.4, 0.5) is 10.5 Å². The van der Waals surface area contributed by atoms with Crippen molar-refractivity contribution < 1.29 is 19.1 Å². The number of hydrogen-bond donors (Lipinski definition) is 2. The molecule has 3 amide bonds. The van der Waals surface area contributed by atoms with Crippen LogP contribution in [0, 0.1) is 0 Å². The number of halogens is 1. The summed E-state index contributed by atoms with van der Waals surface area (Å²) in [7, 11) is 1.27. The maximum absolute atomic E-state index is 12.0. The molecule has 0 heterocycles. The van der Waals surface area contributed by atoms with Gasteiger partial charge in [0.2, 0.25) is 0 Å². The lowest BCUT2D eigenvalue weighted by Gasteiger charge is -2.08. The maximum Gasteiger partial charge on any atom is 0.337 e. The lowest BCUT2D eigenvalue weighted by molar-refractivity contribution is 0.0600. The number of ether oxygens (including phenoxy) is 1. The molecule has 0 aliphatic rings. The van der Waals surface area contributed by atoms with Gasteiger partial charge in [-0.15, -0.1) is 0 Å². The predicted octanol–water partition coefficient (Wildman–Crippen LogP) is 3.20. The summed E-state index contributed by atoms with van der Waals surface area (Å²) < 4.78 is 5.19. The van der Waals surface area contributed by atoms with E-state index in [1.165, 1.54) is 13.2 Å². The Morgan fingerprint density at radius 2 is 1.78 bits per heavy atom. The normalized spacial score (nSPS) is 9.83. The van der Waals surface area contributed by atoms with Gasteiger partial charge in [0.25, 0.3) is 5.91 Å². The first-order valence-corrected chi connectivity index (χ1v) is 7.36. The number of urea groups is 1. The number of methoxy groups -OCH3 is 1. The Morgan fingerprint density at radius 3 is 2.48 bits per heavy atom. The molecule has 0 aliphatic carbocycles. The number of amides is 3. The molecule has 0 aliphatic heterocycles. The Morgan fingerprint density at radius 1 is 1.04 bits per heavy atom. The molecule has 0 unspecified atom stereocenters. The smallest absolute Gasteiger partial charge is 0.337 e. The van der Waals surface area contributed by atoms with Gasteiger partial charge >= 0.3 is 12.0 Å². The molecule has 0 aromatic heterocycles. The summed E-state index contributed by atoms with van der Waals surface area (Å²) >= 11 is 3.24. The highest BCUT2D eigenvalue weighted by Gasteiger charge is 2.13. The summed E-state index contributed by atoms with van der Waals surface area (Å²) in [6.45, 7) is 0. The van der Waals surface area contributed by atoms with E-state index in [0.29, 0.717) is 21.3 Å². The fourth-order valence-electron chi connectivity index (χ4n) is 1.82. The average Bonchev–Trinajstić information content (AvgIpc) is 2.54. The number of imide groups is 1. The van der Waals surface area contributed by atoms with E-state index in [9.17, 15) is 14.4 Å². The van der Waals surface area contributed by atoms with E-state index in [0.717, 1.165) is 0 Å². The number of carbonyl (C=O) groups excluding carboxylic acids is 3. The van der Waals surface area contributed by atoms with Gasteiger partial charge in [0.05, 0.1) is 18.2 Å². The van der Waals surface area contributed by atoms with Crippen LogP contribution >= 0.6 is 15.9 Å². The van der Waals surface area contributed by atoms with Gasteiger partial charge in [-0.1, -0.05) is 18.2 Å². The van der Waals surface area contributed by atoms with Crippen LogP contribution in [-0.2, 0) is 4.74 Å². The molecule has 0 spiro atoms. The Bertz CT molecular complexity index is 761. The van der Waals surface area contributed by atoms with Gasteiger partial charge in [-0.3, -0.25) is 10.1 Å². The number of benzene rings is 2. The largest absolute Gasteiger partial charge is 0.465 e. The van der Waals surface area contributed by atoms with Crippen LogP contribution in [-0.4, -0.2) is 25.0 Å². The lowest BCUT2D eigenvalue weighted by atomic mass is 10.2. The first kappa shape index (κ1) is 16.7. The van der Waals surface area contributed by atoms with E-state index in [1.807, 2.05) is 0 Å². The molecule has 6 nitrogen and oxygen atoms in total. The van der Waals surface area contributed by atoms with E-state index >= 15 is 0 Å². The quantitative estimate of drug-likeness (QED) is 0.805. The van der Waals surface area contributed by atoms with Gasteiger partial charge in [0, 0.05) is 10.2 Å². The molecule has 7 heteroatoms. The molecular formula is C16H13BrN2O4. The van der Waals surface area contributed by atoms with Crippen LogP contribution in [0.2, 0.25) is 0 Å². The minimum Gasteiger partial charge on any atom is -0.465 e. The number of anilines is 1. The van der Waals surface area contributed by atoms with Crippen LogP contribution in [0.15, 0.2) is 53.0 Å². The molecule has 0 fully saturated rings. The highest BCUT2D eigenvalue weighted by Crippen LogP contribution is 2.16. The lowest BCUT2D eigenvalue weighted by Crippen LogP contribution is -2.34. The van der Waals surface area contributed by atoms with Crippen molar-refractivity contribution in [2.24, 2.45) is 0 Å². The van der Waals surface area contributed by atoms with Gasteiger partial charge in [0.1, 0.15) is 0 Å². The topological polar surface area (TPSA) is 84.5 Å². The molecule has 0 bridgehead atoms. The third-order valence-corrected chi connectivity index (χ3v) is 3.58. The van der Waals surface area contributed by atoms with E-state index in [2.05, 4.69) is 31.3 Å². The van der Waals surface area contributed by atoms with E-state index in [4.69, 9.17) is 0 Å². The number of carbonyl (C=O) groups is 3. The van der Waals surface area contributed by atoms with E-state index < -0.39 is 17.9 Å². The minimum absolute atomic E-state index is 0.294. The number of rotatable bonds is 3. The maximum atomic E-state index is 12.0. The van der Waals surface area contributed by atoms with Crippen LogP contribution < -0.4 is 10.6 Å². The van der Waals surface area contributed by atoms with Gasteiger partial charge < -0.3 is 10.1 Å². The second-order valence-electron chi connectivity index (χ2n) is 4.46. The Hall–Kier alpha value is -2.67. The van der Waals surface area contributed by atoms with Gasteiger partial charge in [0.15, 0.2) is 0 Å². The van der Waals surface area contributed by atoms with Crippen LogP contribution in [0.25, 0.3) is 0 Å². The van der Waals surface area contributed by atoms with Crippen molar-refractivity contribution in [2.45, 2.75) is 0 Å². The molecule has 0 atom stereocenters. The van der Waals surface area contributed by atoms with Crippen molar-refractivity contribution in [2.75, 3.05) is 12.4 Å². The van der Waals surface area contributed by atoms with Crippen molar-refractivity contribution in [1.29, 1.82) is 0 Å². The zero-order chi connectivity index (χ0) is 16.8. The van der Waals surface area contributed by atoms with Crippen LogP contribution in [0.3, 0.4) is 0 Å². The Kier molecular flexibility index (Phi) is 5.48. The third-order valence-electron chi connectivity index (χ3n) is 2.89. The molecule has 118 valence electrons.